The fraction of sp³-hybridized carbons (Fsp3) is 0.375. The summed E-state index contributed by atoms with van der Waals surface area (Å²) in [6, 6.07) is 8.66. The number of hydrogen-bond donors (Lipinski definition) is 0. The lowest BCUT2D eigenvalue weighted by molar-refractivity contribution is 0.640. The molecule has 1 aliphatic rings. The van der Waals surface area contributed by atoms with E-state index in [1.807, 2.05) is 0 Å². The highest BCUT2D eigenvalue weighted by atomic mass is 15.2. The van der Waals surface area contributed by atoms with E-state index in [-0.39, 0.29) is 5.41 Å². The predicted molar refractivity (Wildman–Crippen MR) is 75.4 cm³/mol. The number of para-hydroxylation sites is 1. The van der Waals surface area contributed by atoms with E-state index in [9.17, 15) is 0 Å². The summed E-state index contributed by atoms with van der Waals surface area (Å²) in [5.41, 5.74) is 5.52. The Morgan fingerprint density at radius 3 is 2.41 bits per heavy atom. The third kappa shape index (κ3) is 1.90. The van der Waals surface area contributed by atoms with Gasteiger partial charge in [0.25, 0.3) is 0 Å². The van der Waals surface area contributed by atoms with E-state index in [0.717, 1.165) is 0 Å². The minimum absolute atomic E-state index is 0.0945. The molecule has 2 rings (SSSR count). The zero-order valence-electron chi connectivity index (χ0n) is 11.4. The first-order valence-electron chi connectivity index (χ1n) is 6.13. The first-order chi connectivity index (χ1) is 7.94. The number of rotatable bonds is 1. The van der Waals surface area contributed by atoms with Crippen molar-refractivity contribution in [1.29, 1.82) is 0 Å². The van der Waals surface area contributed by atoms with Gasteiger partial charge in [0.15, 0.2) is 0 Å². The van der Waals surface area contributed by atoms with E-state index in [1.165, 1.54) is 22.5 Å². The second-order valence-electron chi connectivity index (χ2n) is 5.50. The molecule has 0 radical (unpaired) electrons. The smallest absolute Gasteiger partial charge is 0.0447 e. The molecule has 0 atom stereocenters. The second-order valence-corrected chi connectivity index (χ2v) is 5.50. The van der Waals surface area contributed by atoms with Crippen molar-refractivity contribution in [3.8, 4) is 0 Å². The van der Waals surface area contributed by atoms with Gasteiger partial charge in [-0.25, -0.2) is 0 Å². The van der Waals surface area contributed by atoms with E-state index in [2.05, 4.69) is 76.1 Å². The Kier molecular flexibility index (Phi) is 2.86. The van der Waals surface area contributed by atoms with E-state index < -0.39 is 0 Å². The monoisotopic (exact) mass is 227 g/mol. The summed E-state index contributed by atoms with van der Waals surface area (Å²) in [7, 11) is 2.15. The highest BCUT2D eigenvalue weighted by Crippen LogP contribution is 2.46. The van der Waals surface area contributed by atoms with Gasteiger partial charge >= 0.3 is 0 Å². The van der Waals surface area contributed by atoms with Gasteiger partial charge in [0.1, 0.15) is 0 Å². The molecule has 0 saturated carbocycles. The summed E-state index contributed by atoms with van der Waals surface area (Å²) < 4.78 is 0. The minimum Gasteiger partial charge on any atom is -0.347 e. The molecule has 0 saturated heterocycles. The number of nitrogens with zero attached hydrogens (tertiary/aromatic N) is 1. The predicted octanol–water partition coefficient (Wildman–Crippen LogP) is 4.26. The Bertz CT molecular complexity index is 488. The summed E-state index contributed by atoms with van der Waals surface area (Å²) >= 11 is 0. The van der Waals surface area contributed by atoms with Crippen LogP contribution in [0.4, 0.5) is 5.69 Å². The largest absolute Gasteiger partial charge is 0.347 e. The topological polar surface area (TPSA) is 3.24 Å². The Balaban J connectivity index is 2.54. The summed E-state index contributed by atoms with van der Waals surface area (Å²) in [5.74, 6) is 0. The van der Waals surface area contributed by atoms with Crippen LogP contribution in [0.5, 0.6) is 0 Å². The van der Waals surface area contributed by atoms with Crippen LogP contribution in [0.25, 0.3) is 0 Å². The first-order valence-corrected chi connectivity index (χ1v) is 6.13. The van der Waals surface area contributed by atoms with Gasteiger partial charge in [-0.1, -0.05) is 43.7 Å². The van der Waals surface area contributed by atoms with Gasteiger partial charge in [0.2, 0.25) is 0 Å². The van der Waals surface area contributed by atoms with Gasteiger partial charge in [-0.2, -0.15) is 0 Å². The van der Waals surface area contributed by atoms with E-state index in [4.69, 9.17) is 0 Å². The molecule has 0 bridgehead atoms. The number of hydrogen-bond acceptors (Lipinski definition) is 1. The number of benzene rings is 1. The highest BCUT2D eigenvalue weighted by Gasteiger charge is 2.37. The normalized spacial score (nSPS) is 19.4. The molecule has 0 N–H and O–H groups in total. The van der Waals surface area contributed by atoms with Crippen LogP contribution in [0.3, 0.4) is 0 Å². The van der Waals surface area contributed by atoms with Crippen molar-refractivity contribution in [2.24, 2.45) is 0 Å². The van der Waals surface area contributed by atoms with E-state index in [1.54, 1.807) is 0 Å². The van der Waals surface area contributed by atoms with Crippen molar-refractivity contribution in [3.05, 3.63) is 53.3 Å². The van der Waals surface area contributed by atoms with Gasteiger partial charge in [-0.05, 0) is 31.6 Å². The molecule has 17 heavy (non-hydrogen) atoms. The quantitative estimate of drug-likeness (QED) is 0.692. The fourth-order valence-corrected chi connectivity index (χ4v) is 2.55. The number of anilines is 1. The van der Waals surface area contributed by atoms with Crippen molar-refractivity contribution in [3.63, 3.8) is 0 Å². The van der Waals surface area contributed by atoms with Gasteiger partial charge < -0.3 is 4.90 Å². The van der Waals surface area contributed by atoms with Crippen LogP contribution in [0, 0.1) is 0 Å². The maximum atomic E-state index is 2.30. The molecule has 90 valence electrons. The zero-order chi connectivity index (χ0) is 12.6. The van der Waals surface area contributed by atoms with Crippen LogP contribution >= 0.6 is 0 Å². The molecule has 0 aromatic heterocycles. The Hall–Kier alpha value is -1.50. The zero-order valence-corrected chi connectivity index (χ0v) is 11.4. The van der Waals surface area contributed by atoms with Gasteiger partial charge in [-0.3, -0.25) is 0 Å². The summed E-state index contributed by atoms with van der Waals surface area (Å²) in [6.07, 6.45) is 4.44. The second kappa shape index (κ2) is 4.06. The van der Waals surface area contributed by atoms with Crippen molar-refractivity contribution in [1.82, 2.24) is 0 Å². The molecule has 0 aliphatic carbocycles. The van der Waals surface area contributed by atoms with Gasteiger partial charge in [-0.15, -0.1) is 0 Å². The van der Waals surface area contributed by atoms with Gasteiger partial charge in [0.05, 0.1) is 0 Å². The average Bonchev–Trinajstić information content (AvgIpc) is 2.46. The van der Waals surface area contributed by atoms with Crippen LogP contribution in [0.2, 0.25) is 0 Å². The molecule has 0 amide bonds. The summed E-state index contributed by atoms with van der Waals surface area (Å²) in [5, 5.41) is 0. The average molecular weight is 227 g/mol. The Morgan fingerprint density at radius 2 is 1.82 bits per heavy atom. The molecule has 1 nitrogen and oxygen atoms in total. The van der Waals surface area contributed by atoms with Crippen LogP contribution < -0.4 is 4.90 Å². The molecule has 1 aliphatic heterocycles. The van der Waals surface area contributed by atoms with E-state index >= 15 is 0 Å². The maximum absolute atomic E-state index is 2.30. The Morgan fingerprint density at radius 1 is 1.18 bits per heavy atom. The molecule has 1 heteroatoms. The molecular weight excluding hydrogens is 206 g/mol. The van der Waals surface area contributed by atoms with Crippen molar-refractivity contribution in [2.45, 2.75) is 33.1 Å². The first kappa shape index (κ1) is 12.0. The fourth-order valence-electron chi connectivity index (χ4n) is 2.55. The standard InChI is InChI=1S/C16H21N/c1-12(2)10-11-15-16(3,4)13-8-6-7-9-14(13)17(15)5/h6-11H,1-5H3/b15-11-. The van der Waals surface area contributed by atoms with Crippen molar-refractivity contribution >= 4 is 5.69 Å². The maximum Gasteiger partial charge on any atom is 0.0447 e. The summed E-state index contributed by atoms with van der Waals surface area (Å²) in [6.45, 7) is 8.85. The lowest BCUT2D eigenvalue weighted by Crippen LogP contribution is -2.22. The van der Waals surface area contributed by atoms with Crippen LogP contribution in [0.15, 0.2) is 47.7 Å². The number of fused-ring (bicyclic) bond motifs is 1. The molecule has 0 spiro atoms. The lowest BCUT2D eigenvalue weighted by atomic mass is 9.84. The summed E-state index contributed by atoms with van der Waals surface area (Å²) in [4.78, 5) is 2.30. The third-order valence-corrected chi connectivity index (χ3v) is 3.51. The molecule has 1 heterocycles. The van der Waals surface area contributed by atoms with E-state index in [0.29, 0.717) is 0 Å². The molecule has 1 aromatic rings. The minimum atomic E-state index is 0.0945. The lowest BCUT2D eigenvalue weighted by Gasteiger charge is -2.23. The van der Waals surface area contributed by atoms with Crippen LogP contribution in [0.1, 0.15) is 33.3 Å². The van der Waals surface area contributed by atoms with Crippen molar-refractivity contribution in [2.75, 3.05) is 11.9 Å². The third-order valence-electron chi connectivity index (χ3n) is 3.51. The number of allylic oxidation sites excluding steroid dienone is 4. The molecular formula is C16H21N. The number of likely N-dealkylation sites (N-methyl/N-ethyl adjacent to an activating group) is 1. The molecule has 0 fully saturated rings. The SMILES string of the molecule is CC(C)=C/C=C1\N(C)c2ccccc2C1(C)C. The highest BCUT2D eigenvalue weighted by molar-refractivity contribution is 5.70. The molecule has 1 aromatic carbocycles. The van der Waals surface area contributed by atoms with Crippen LogP contribution in [-0.2, 0) is 5.41 Å². The Labute approximate surface area is 104 Å². The van der Waals surface area contributed by atoms with Crippen molar-refractivity contribution < 1.29 is 0 Å². The van der Waals surface area contributed by atoms with Gasteiger partial charge in [0, 0.05) is 23.8 Å². The molecule has 0 unspecified atom stereocenters. The van der Waals surface area contributed by atoms with Crippen LogP contribution in [-0.4, -0.2) is 7.05 Å².